The number of methoxy groups -OCH3 is 2. The summed E-state index contributed by atoms with van der Waals surface area (Å²) in [6.45, 7) is 1.72. The van der Waals surface area contributed by atoms with Gasteiger partial charge in [0.15, 0.2) is 5.69 Å². The topological polar surface area (TPSA) is 115 Å². The van der Waals surface area contributed by atoms with Crippen LogP contribution in [-0.2, 0) is 25.6 Å². The van der Waals surface area contributed by atoms with Gasteiger partial charge in [-0.2, -0.15) is 18.3 Å². The minimum Gasteiger partial charge on any atom is -0.497 e. The Morgan fingerprint density at radius 2 is 1.82 bits per heavy atom. The van der Waals surface area contributed by atoms with Crippen LogP contribution in [0.4, 0.5) is 13.2 Å². The standard InChI is InChI=1S/C25H23ClF3N5O4/c1-13-8-14(4-7-18(13)26)9-17-22(25(27,28)29)30-20(31-23(17)35)11-21-32-33-24(36)34(21)12-15-5-6-16(37-2)10-19(15)38-3/h4-8,10H,9,11-12H2,1-3H3,(H,33,36)(H,30,31,35). The minimum absolute atomic E-state index is 0.00218. The summed E-state index contributed by atoms with van der Waals surface area (Å²) < 4.78 is 53.7. The number of H-pyrrole nitrogens is 2. The Morgan fingerprint density at radius 1 is 1.05 bits per heavy atom. The quantitative estimate of drug-likeness (QED) is 0.345. The fourth-order valence-electron chi connectivity index (χ4n) is 4.00. The summed E-state index contributed by atoms with van der Waals surface area (Å²) in [5.41, 5.74) is -1.60. The van der Waals surface area contributed by atoms with Gasteiger partial charge < -0.3 is 14.5 Å². The maximum atomic E-state index is 14.0. The van der Waals surface area contributed by atoms with Crippen molar-refractivity contribution < 1.29 is 22.6 Å². The van der Waals surface area contributed by atoms with Gasteiger partial charge in [-0.15, -0.1) is 0 Å². The molecular weight excluding hydrogens is 527 g/mol. The molecule has 2 N–H and O–H groups in total. The molecule has 0 bridgehead atoms. The molecule has 0 atom stereocenters. The molecule has 13 heteroatoms. The molecule has 9 nitrogen and oxygen atoms in total. The molecule has 0 saturated heterocycles. The lowest BCUT2D eigenvalue weighted by Gasteiger charge is -2.14. The van der Waals surface area contributed by atoms with E-state index in [2.05, 4.69) is 20.2 Å². The third-order valence-corrected chi connectivity index (χ3v) is 6.35. The van der Waals surface area contributed by atoms with Gasteiger partial charge in [-0.05, 0) is 36.2 Å². The predicted molar refractivity (Wildman–Crippen MR) is 133 cm³/mol. The number of nitrogens with zero attached hydrogens (tertiary/aromatic N) is 3. The van der Waals surface area contributed by atoms with Crippen molar-refractivity contribution in [2.24, 2.45) is 0 Å². The zero-order chi connectivity index (χ0) is 27.6. The number of aromatic nitrogens is 5. The fourth-order valence-corrected chi connectivity index (χ4v) is 4.12. The van der Waals surface area contributed by atoms with Crippen LogP contribution in [0.1, 0.15) is 39.6 Å². The zero-order valence-corrected chi connectivity index (χ0v) is 21.3. The van der Waals surface area contributed by atoms with Crippen molar-refractivity contribution in [2.75, 3.05) is 14.2 Å². The number of rotatable bonds is 8. The second kappa shape index (κ2) is 10.7. The zero-order valence-electron chi connectivity index (χ0n) is 20.6. The van der Waals surface area contributed by atoms with Gasteiger partial charge in [0.25, 0.3) is 5.56 Å². The van der Waals surface area contributed by atoms with Crippen LogP contribution in [0.3, 0.4) is 0 Å². The van der Waals surface area contributed by atoms with Gasteiger partial charge in [0, 0.05) is 23.1 Å². The molecule has 2 aromatic heterocycles. The molecule has 0 radical (unpaired) electrons. The van der Waals surface area contributed by atoms with Crippen LogP contribution in [0.5, 0.6) is 11.5 Å². The molecule has 0 aliphatic heterocycles. The molecule has 0 aliphatic rings. The number of halogens is 4. The molecule has 4 rings (SSSR count). The highest BCUT2D eigenvalue weighted by atomic mass is 35.5. The maximum absolute atomic E-state index is 14.0. The molecule has 0 amide bonds. The largest absolute Gasteiger partial charge is 0.497 e. The molecule has 38 heavy (non-hydrogen) atoms. The highest BCUT2D eigenvalue weighted by Gasteiger charge is 2.37. The SMILES string of the molecule is COc1ccc(Cn2c(Cc3nc(C(F)(F)F)c(Cc4ccc(Cl)c(C)c4)c(=O)[nH]3)n[nH]c2=O)c(OC)c1. The second-order valence-electron chi connectivity index (χ2n) is 8.48. The van der Waals surface area contributed by atoms with Gasteiger partial charge in [-0.1, -0.05) is 23.7 Å². The van der Waals surface area contributed by atoms with Gasteiger partial charge in [-0.3, -0.25) is 9.36 Å². The van der Waals surface area contributed by atoms with E-state index < -0.39 is 28.7 Å². The Hall–Kier alpha value is -4.06. The van der Waals surface area contributed by atoms with E-state index in [1.807, 2.05) is 0 Å². The Bertz CT molecular complexity index is 1590. The number of hydrogen-bond acceptors (Lipinski definition) is 6. The molecule has 0 unspecified atom stereocenters. The summed E-state index contributed by atoms with van der Waals surface area (Å²) in [5.74, 6) is 0.766. The van der Waals surface area contributed by atoms with Crippen molar-refractivity contribution in [3.05, 3.63) is 102 Å². The summed E-state index contributed by atoms with van der Waals surface area (Å²) in [4.78, 5) is 31.4. The van der Waals surface area contributed by atoms with Gasteiger partial charge in [0.1, 0.15) is 23.1 Å². The summed E-state index contributed by atoms with van der Waals surface area (Å²) >= 11 is 6.01. The summed E-state index contributed by atoms with van der Waals surface area (Å²) in [7, 11) is 2.95. The number of ether oxygens (including phenoxy) is 2. The van der Waals surface area contributed by atoms with Crippen molar-refractivity contribution in [2.45, 2.75) is 32.5 Å². The van der Waals surface area contributed by atoms with Gasteiger partial charge >= 0.3 is 11.9 Å². The summed E-state index contributed by atoms with van der Waals surface area (Å²) in [6, 6.07) is 9.73. The van der Waals surface area contributed by atoms with Gasteiger partial charge in [0.05, 0.1) is 32.7 Å². The Morgan fingerprint density at radius 3 is 2.47 bits per heavy atom. The van der Waals surface area contributed by atoms with E-state index in [4.69, 9.17) is 21.1 Å². The molecule has 200 valence electrons. The molecular formula is C25H23ClF3N5O4. The lowest BCUT2D eigenvalue weighted by atomic mass is 10.0. The number of hydrogen-bond donors (Lipinski definition) is 2. The molecule has 0 aliphatic carbocycles. The first-order chi connectivity index (χ1) is 18.0. The number of aryl methyl sites for hydroxylation is 1. The highest BCUT2D eigenvalue weighted by Crippen LogP contribution is 2.31. The van der Waals surface area contributed by atoms with Gasteiger partial charge in [0.2, 0.25) is 0 Å². The predicted octanol–water partition coefficient (Wildman–Crippen LogP) is 3.88. The third kappa shape index (κ3) is 5.75. The van der Waals surface area contributed by atoms with Crippen molar-refractivity contribution in [1.29, 1.82) is 0 Å². The van der Waals surface area contributed by atoms with E-state index >= 15 is 0 Å². The number of benzene rings is 2. The maximum Gasteiger partial charge on any atom is 0.433 e. The lowest BCUT2D eigenvalue weighted by Crippen LogP contribution is -2.26. The minimum atomic E-state index is -4.89. The molecule has 0 spiro atoms. The summed E-state index contributed by atoms with van der Waals surface area (Å²) in [6.07, 6.45) is -5.52. The first-order valence-electron chi connectivity index (χ1n) is 11.3. The van der Waals surface area contributed by atoms with Crippen LogP contribution in [0.15, 0.2) is 46.0 Å². The normalized spacial score (nSPS) is 11.6. The van der Waals surface area contributed by atoms with Crippen LogP contribution in [0, 0.1) is 6.92 Å². The highest BCUT2D eigenvalue weighted by molar-refractivity contribution is 6.31. The van der Waals surface area contributed by atoms with Crippen molar-refractivity contribution in [3.8, 4) is 11.5 Å². The van der Waals surface area contributed by atoms with Crippen molar-refractivity contribution in [1.82, 2.24) is 24.7 Å². The van der Waals surface area contributed by atoms with Crippen LogP contribution in [-0.4, -0.2) is 39.0 Å². The van der Waals surface area contributed by atoms with E-state index in [1.165, 1.54) is 18.8 Å². The van der Waals surface area contributed by atoms with E-state index in [0.29, 0.717) is 33.2 Å². The first-order valence-corrected chi connectivity index (χ1v) is 11.7. The smallest absolute Gasteiger partial charge is 0.433 e. The molecule has 4 aromatic rings. The summed E-state index contributed by atoms with van der Waals surface area (Å²) in [5, 5.41) is 6.68. The Labute approximate surface area is 219 Å². The first kappa shape index (κ1) is 27.0. The van der Waals surface area contributed by atoms with Gasteiger partial charge in [-0.25, -0.2) is 14.9 Å². The van der Waals surface area contributed by atoms with E-state index in [-0.39, 0.29) is 31.0 Å². The van der Waals surface area contributed by atoms with E-state index in [1.54, 1.807) is 43.3 Å². The van der Waals surface area contributed by atoms with E-state index in [9.17, 15) is 22.8 Å². The van der Waals surface area contributed by atoms with Crippen LogP contribution >= 0.6 is 11.6 Å². The van der Waals surface area contributed by atoms with Crippen LogP contribution < -0.4 is 20.7 Å². The Balaban J connectivity index is 1.69. The average molecular weight is 550 g/mol. The number of nitrogens with one attached hydrogen (secondary N) is 2. The van der Waals surface area contributed by atoms with Crippen LogP contribution in [0.2, 0.25) is 5.02 Å². The fraction of sp³-hybridized carbons (Fsp3) is 0.280. The van der Waals surface area contributed by atoms with E-state index in [0.717, 1.165) is 0 Å². The molecule has 2 heterocycles. The Kier molecular flexibility index (Phi) is 7.63. The average Bonchev–Trinajstić information content (AvgIpc) is 3.21. The monoisotopic (exact) mass is 549 g/mol. The van der Waals surface area contributed by atoms with Crippen molar-refractivity contribution in [3.63, 3.8) is 0 Å². The third-order valence-electron chi connectivity index (χ3n) is 5.92. The second-order valence-corrected chi connectivity index (χ2v) is 8.89. The molecule has 2 aromatic carbocycles. The van der Waals surface area contributed by atoms with Crippen molar-refractivity contribution >= 4 is 11.6 Å². The molecule has 0 fully saturated rings. The van der Waals surface area contributed by atoms with Crippen LogP contribution in [0.25, 0.3) is 0 Å². The lowest BCUT2D eigenvalue weighted by molar-refractivity contribution is -0.142. The number of alkyl halides is 3. The number of aromatic amines is 2. The molecule has 0 saturated carbocycles.